The topological polar surface area (TPSA) is 119 Å². The number of carbonyl (C=O) groups is 4. The van der Waals surface area contributed by atoms with Gasteiger partial charge in [-0.15, -0.1) is 0 Å². The lowest BCUT2D eigenvalue weighted by atomic mass is 9.67. The number of phenols is 1. The van der Waals surface area contributed by atoms with Gasteiger partial charge in [-0.05, 0) is 56.5 Å². The van der Waals surface area contributed by atoms with Crippen LogP contribution in [0.1, 0.15) is 46.5 Å². The van der Waals surface area contributed by atoms with E-state index >= 15 is 0 Å². The number of carbonyl (C=O) groups excluding carboxylic acids is 4. The molecule has 0 radical (unpaired) electrons. The molecule has 2 aromatic carbocycles. The number of aromatic hydroxyl groups is 1. The number of rotatable bonds is 5. The molecule has 1 aliphatic carbocycles. The van der Waals surface area contributed by atoms with Crippen LogP contribution in [0.4, 0.5) is 4.39 Å². The van der Waals surface area contributed by atoms with Gasteiger partial charge in [0.2, 0.25) is 0 Å². The summed E-state index contributed by atoms with van der Waals surface area (Å²) in [5.41, 5.74) is 0.287. The second-order valence-electron chi connectivity index (χ2n) is 8.92. The minimum atomic E-state index is -1.64. The summed E-state index contributed by atoms with van der Waals surface area (Å²) in [5, 5.41) is 13.5. The summed E-state index contributed by atoms with van der Waals surface area (Å²) in [6, 6.07) is 3.91. The first-order chi connectivity index (χ1) is 16.4. The quantitative estimate of drug-likeness (QED) is 0.630. The van der Waals surface area contributed by atoms with E-state index in [0.717, 1.165) is 18.6 Å². The molecule has 9 heteroatoms. The Balaban J connectivity index is 1.80. The van der Waals surface area contributed by atoms with Crippen LogP contribution in [0.5, 0.6) is 17.2 Å². The molecule has 0 saturated carbocycles. The van der Waals surface area contributed by atoms with Crippen LogP contribution in [0.15, 0.2) is 30.0 Å². The fourth-order valence-corrected chi connectivity index (χ4v) is 4.83. The number of benzene rings is 2. The highest BCUT2D eigenvalue weighted by molar-refractivity contribution is 6.27. The van der Waals surface area contributed by atoms with E-state index in [1.807, 2.05) is 0 Å². The van der Waals surface area contributed by atoms with Gasteiger partial charge in [-0.1, -0.05) is 0 Å². The number of fused-ring (bicyclic) bond motifs is 3. The zero-order chi connectivity index (χ0) is 25.8. The van der Waals surface area contributed by atoms with Crippen LogP contribution in [0.2, 0.25) is 0 Å². The monoisotopic (exact) mass is 481 g/mol. The van der Waals surface area contributed by atoms with Gasteiger partial charge >= 0.3 is 0 Å². The molecule has 1 heterocycles. The van der Waals surface area contributed by atoms with Gasteiger partial charge in [0.15, 0.2) is 17.3 Å². The number of hydrogen-bond donors (Lipinski definition) is 2. The minimum Gasteiger partial charge on any atom is -0.507 e. The summed E-state index contributed by atoms with van der Waals surface area (Å²) < 4.78 is 24.8. The Bertz CT molecular complexity index is 1340. The summed E-state index contributed by atoms with van der Waals surface area (Å²) in [7, 11) is 1.30. The van der Waals surface area contributed by atoms with Gasteiger partial charge in [0, 0.05) is 18.7 Å². The molecule has 0 aromatic heterocycles. The molecular formula is C26H24FNO7. The van der Waals surface area contributed by atoms with Crippen LogP contribution in [-0.2, 0) is 26.3 Å². The summed E-state index contributed by atoms with van der Waals surface area (Å²) >= 11 is 0. The van der Waals surface area contributed by atoms with Crippen molar-refractivity contribution in [3.8, 4) is 17.2 Å². The van der Waals surface area contributed by atoms with Gasteiger partial charge < -0.3 is 19.9 Å². The smallest absolute Gasteiger partial charge is 0.259 e. The molecule has 1 unspecified atom stereocenters. The van der Waals surface area contributed by atoms with Crippen LogP contribution in [0.25, 0.3) is 0 Å². The van der Waals surface area contributed by atoms with Gasteiger partial charge in [0.25, 0.3) is 5.91 Å². The number of amides is 1. The third-order valence-corrected chi connectivity index (χ3v) is 6.68. The van der Waals surface area contributed by atoms with E-state index < -0.39 is 34.6 Å². The lowest BCUT2D eigenvalue weighted by molar-refractivity contribution is -0.140. The molecule has 0 fully saturated rings. The maximum absolute atomic E-state index is 13.7. The number of ketones is 3. The molecule has 0 bridgehead atoms. The molecular weight excluding hydrogens is 457 g/mol. The molecule has 8 nitrogen and oxygen atoms in total. The lowest BCUT2D eigenvalue weighted by Gasteiger charge is -2.30. The Morgan fingerprint density at radius 3 is 2.40 bits per heavy atom. The first-order valence-corrected chi connectivity index (χ1v) is 10.9. The maximum Gasteiger partial charge on any atom is 0.259 e. The first-order valence-electron chi connectivity index (χ1n) is 10.9. The SMILES string of the molecule is COc1cc(O)c2c(c1C(=O)NCc1c(C)cc(F)cc1C)OC1=CC(=O)C(C(C)=O)C(=O)[C@]12C. The van der Waals surface area contributed by atoms with Crippen molar-refractivity contribution < 1.29 is 38.1 Å². The number of methoxy groups -OCH3 is 1. The summed E-state index contributed by atoms with van der Waals surface area (Å²) in [4.78, 5) is 51.1. The molecule has 2 N–H and O–H groups in total. The zero-order valence-corrected chi connectivity index (χ0v) is 19.9. The Hall–Kier alpha value is -4.01. The number of allylic oxidation sites excluding steroid dienone is 2. The normalized spacial score (nSPS) is 20.5. The second-order valence-corrected chi connectivity index (χ2v) is 8.92. The van der Waals surface area contributed by atoms with Crippen LogP contribution in [-0.4, -0.2) is 35.5 Å². The average molecular weight is 481 g/mol. The number of hydrogen-bond acceptors (Lipinski definition) is 7. The van der Waals surface area contributed by atoms with Gasteiger partial charge in [0.1, 0.15) is 45.8 Å². The number of Topliss-reactive ketones (excluding diaryl/α,β-unsaturated/α-hetero) is 2. The number of phenolic OH excluding ortho intramolecular Hbond substituents is 1. The Kier molecular flexibility index (Phi) is 5.75. The van der Waals surface area contributed by atoms with Crippen molar-refractivity contribution in [2.24, 2.45) is 5.92 Å². The molecule has 2 atom stereocenters. The van der Waals surface area contributed by atoms with E-state index in [1.165, 1.54) is 32.2 Å². The Morgan fingerprint density at radius 1 is 1.20 bits per heavy atom. The van der Waals surface area contributed by atoms with E-state index in [1.54, 1.807) is 13.8 Å². The van der Waals surface area contributed by atoms with Gasteiger partial charge in [-0.2, -0.15) is 0 Å². The van der Waals surface area contributed by atoms with Gasteiger partial charge in [0.05, 0.1) is 12.7 Å². The standard InChI is InChI=1S/C26H24FNO7/c1-11-6-14(27)7-12(2)15(11)10-28-25(33)21-18(34-5)8-17(31)22-23(21)35-19-9-16(30)20(13(3)29)24(32)26(19,22)4/h6-9,20,31H,10H2,1-5H3,(H,28,33)/t20?,26-/m1/s1. The molecule has 182 valence electrons. The third kappa shape index (κ3) is 3.58. The highest BCUT2D eigenvalue weighted by Gasteiger charge is 2.58. The van der Waals surface area contributed by atoms with Crippen molar-refractivity contribution in [3.05, 3.63) is 63.7 Å². The van der Waals surface area contributed by atoms with Crippen molar-refractivity contribution in [1.82, 2.24) is 5.32 Å². The van der Waals surface area contributed by atoms with Crippen molar-refractivity contribution in [1.29, 1.82) is 0 Å². The Morgan fingerprint density at radius 2 is 1.83 bits per heavy atom. The third-order valence-electron chi connectivity index (χ3n) is 6.68. The van der Waals surface area contributed by atoms with Crippen LogP contribution < -0.4 is 14.8 Å². The fourth-order valence-electron chi connectivity index (χ4n) is 4.83. The molecule has 2 aliphatic rings. The summed E-state index contributed by atoms with van der Waals surface area (Å²) in [6.45, 7) is 6.11. The van der Waals surface area contributed by atoms with E-state index in [-0.39, 0.29) is 46.5 Å². The maximum atomic E-state index is 13.7. The molecule has 2 aromatic rings. The van der Waals surface area contributed by atoms with Gasteiger partial charge in [-0.25, -0.2) is 4.39 Å². The molecule has 0 saturated heterocycles. The van der Waals surface area contributed by atoms with E-state index in [9.17, 15) is 28.7 Å². The number of halogens is 1. The Labute approximate surface area is 200 Å². The fraction of sp³-hybridized carbons (Fsp3) is 0.308. The summed E-state index contributed by atoms with van der Waals surface area (Å²) in [6.07, 6.45) is 1.06. The van der Waals surface area contributed by atoms with Crippen LogP contribution in [0, 0.1) is 25.6 Å². The van der Waals surface area contributed by atoms with Crippen molar-refractivity contribution >= 4 is 23.3 Å². The molecule has 35 heavy (non-hydrogen) atoms. The van der Waals surface area contributed by atoms with Crippen molar-refractivity contribution in [2.45, 2.75) is 39.7 Å². The van der Waals surface area contributed by atoms with Crippen molar-refractivity contribution in [2.75, 3.05) is 7.11 Å². The van der Waals surface area contributed by atoms with E-state index in [4.69, 9.17) is 9.47 Å². The second kappa shape index (κ2) is 8.33. The highest BCUT2D eigenvalue weighted by Crippen LogP contribution is 2.56. The predicted octanol–water partition coefficient (Wildman–Crippen LogP) is 2.98. The van der Waals surface area contributed by atoms with Crippen LogP contribution in [0.3, 0.4) is 0 Å². The van der Waals surface area contributed by atoms with Crippen LogP contribution >= 0.6 is 0 Å². The molecule has 4 rings (SSSR count). The highest BCUT2D eigenvalue weighted by atomic mass is 19.1. The number of nitrogens with one attached hydrogen (secondary N) is 1. The lowest BCUT2D eigenvalue weighted by Crippen LogP contribution is -2.47. The van der Waals surface area contributed by atoms with Gasteiger partial charge in [-0.3, -0.25) is 19.2 Å². The number of ether oxygens (including phenoxy) is 2. The van der Waals surface area contributed by atoms with E-state index in [2.05, 4.69) is 5.32 Å². The molecule has 0 spiro atoms. The minimum absolute atomic E-state index is 0.0176. The largest absolute Gasteiger partial charge is 0.507 e. The molecule has 1 aliphatic heterocycles. The van der Waals surface area contributed by atoms with E-state index in [0.29, 0.717) is 11.1 Å². The van der Waals surface area contributed by atoms with Crippen molar-refractivity contribution in [3.63, 3.8) is 0 Å². The predicted molar refractivity (Wildman–Crippen MR) is 122 cm³/mol. The average Bonchev–Trinajstić information content (AvgIpc) is 3.06. The number of aryl methyl sites for hydroxylation is 2. The summed E-state index contributed by atoms with van der Waals surface area (Å²) in [5.74, 6) is -5.24. The first kappa shape index (κ1) is 24.1. The molecule has 1 amide bonds. The zero-order valence-electron chi connectivity index (χ0n) is 19.9.